The van der Waals surface area contributed by atoms with Gasteiger partial charge in [0.15, 0.2) is 0 Å². The second kappa shape index (κ2) is 17.5. The summed E-state index contributed by atoms with van der Waals surface area (Å²) in [7, 11) is 0. The Bertz CT molecular complexity index is 1210. The fourth-order valence-corrected chi connectivity index (χ4v) is 4.55. The van der Waals surface area contributed by atoms with Crippen molar-refractivity contribution in [3.05, 3.63) is 101 Å². The lowest BCUT2D eigenvalue weighted by molar-refractivity contribution is -0.158. The van der Waals surface area contributed by atoms with Crippen molar-refractivity contribution in [1.29, 1.82) is 0 Å². The van der Waals surface area contributed by atoms with Crippen LogP contribution in [0.3, 0.4) is 0 Å². The molecule has 0 bridgehead atoms. The molecule has 0 aliphatic rings. The number of hydrogen-bond acceptors (Lipinski definition) is 5. The van der Waals surface area contributed by atoms with E-state index in [9.17, 15) is 19.5 Å². The second-order valence-electron chi connectivity index (χ2n) is 10.6. The molecule has 1 atom stereocenters. The molecule has 218 valence electrons. The summed E-state index contributed by atoms with van der Waals surface area (Å²) in [6, 6.07) is 25.3. The van der Waals surface area contributed by atoms with Gasteiger partial charge in [-0.1, -0.05) is 80.1 Å². The van der Waals surface area contributed by atoms with Gasteiger partial charge in [0.25, 0.3) is 5.91 Å². The summed E-state index contributed by atoms with van der Waals surface area (Å²) in [6.45, 7) is 2.41. The van der Waals surface area contributed by atoms with Crippen molar-refractivity contribution in [1.82, 2.24) is 10.8 Å². The highest BCUT2D eigenvalue weighted by atomic mass is 16.7. The van der Waals surface area contributed by atoms with Crippen LogP contribution in [0.4, 0.5) is 0 Å². The first-order chi connectivity index (χ1) is 19.9. The minimum Gasteiger partial charge on any atom is -0.508 e. The van der Waals surface area contributed by atoms with Gasteiger partial charge in [-0.25, -0.2) is 4.79 Å². The SMILES string of the molecule is C[C@@H](Cc1ccc(O)cc1)C(=O)NCCCCCC(=O)ONC(=O)Cc1ccc(CCCCc2ccccc2)cc1. The molecule has 0 spiro atoms. The van der Waals surface area contributed by atoms with Crippen molar-refractivity contribution >= 4 is 17.8 Å². The van der Waals surface area contributed by atoms with Crippen molar-refractivity contribution in [2.24, 2.45) is 5.92 Å². The lowest BCUT2D eigenvalue weighted by Crippen LogP contribution is -2.31. The maximum atomic E-state index is 12.3. The van der Waals surface area contributed by atoms with Gasteiger partial charge in [-0.15, -0.1) is 0 Å². The zero-order chi connectivity index (χ0) is 29.3. The first-order valence-corrected chi connectivity index (χ1v) is 14.5. The smallest absolute Gasteiger partial charge is 0.332 e. The van der Waals surface area contributed by atoms with Crippen LogP contribution in [-0.4, -0.2) is 29.4 Å². The Hall–Kier alpha value is -4.13. The summed E-state index contributed by atoms with van der Waals surface area (Å²) in [6.07, 6.45) is 7.40. The van der Waals surface area contributed by atoms with Gasteiger partial charge in [0, 0.05) is 18.9 Å². The number of nitrogens with one attached hydrogen (secondary N) is 2. The third-order valence-corrected chi connectivity index (χ3v) is 6.97. The van der Waals surface area contributed by atoms with Crippen LogP contribution in [0.25, 0.3) is 0 Å². The van der Waals surface area contributed by atoms with E-state index in [1.165, 1.54) is 11.1 Å². The number of unbranched alkanes of at least 4 members (excludes halogenated alkanes) is 3. The Morgan fingerprint density at radius 3 is 2.02 bits per heavy atom. The van der Waals surface area contributed by atoms with E-state index in [0.717, 1.165) is 49.7 Å². The van der Waals surface area contributed by atoms with Crippen LogP contribution in [0.5, 0.6) is 5.75 Å². The van der Waals surface area contributed by atoms with Gasteiger partial charge in [0.1, 0.15) is 5.75 Å². The summed E-state index contributed by atoms with van der Waals surface area (Å²) >= 11 is 0. The van der Waals surface area contributed by atoms with Crippen molar-refractivity contribution in [2.45, 2.75) is 71.1 Å². The number of phenolic OH excluding ortho intramolecular Hbond substituents is 1. The van der Waals surface area contributed by atoms with Crippen LogP contribution in [0, 0.1) is 5.92 Å². The summed E-state index contributed by atoms with van der Waals surface area (Å²) < 4.78 is 0. The van der Waals surface area contributed by atoms with E-state index in [1.807, 2.05) is 37.3 Å². The van der Waals surface area contributed by atoms with E-state index in [0.29, 0.717) is 19.4 Å². The van der Waals surface area contributed by atoms with Gasteiger partial charge in [-0.05, 0) is 79.3 Å². The minimum atomic E-state index is -0.476. The van der Waals surface area contributed by atoms with Gasteiger partial charge in [0.2, 0.25) is 5.91 Å². The Kier molecular flexibility index (Phi) is 13.4. The molecule has 0 aliphatic carbocycles. The van der Waals surface area contributed by atoms with Gasteiger partial charge in [0.05, 0.1) is 6.42 Å². The zero-order valence-electron chi connectivity index (χ0n) is 23.9. The number of hydrogen-bond donors (Lipinski definition) is 3. The van der Waals surface area contributed by atoms with E-state index in [4.69, 9.17) is 4.84 Å². The number of carbonyl (C=O) groups is 3. The fourth-order valence-electron chi connectivity index (χ4n) is 4.55. The normalized spacial score (nSPS) is 11.4. The number of aromatic hydroxyl groups is 1. The van der Waals surface area contributed by atoms with E-state index in [-0.39, 0.29) is 36.3 Å². The summed E-state index contributed by atoms with van der Waals surface area (Å²) in [5.41, 5.74) is 6.72. The number of carbonyl (C=O) groups excluding carboxylic acids is 3. The Morgan fingerprint density at radius 1 is 0.732 bits per heavy atom. The summed E-state index contributed by atoms with van der Waals surface area (Å²) in [5.74, 6) is -0.826. The summed E-state index contributed by atoms with van der Waals surface area (Å²) in [5, 5.41) is 12.3. The van der Waals surface area contributed by atoms with Crippen LogP contribution in [-0.2, 0) is 44.9 Å². The Balaban J connectivity index is 1.19. The summed E-state index contributed by atoms with van der Waals surface area (Å²) in [4.78, 5) is 41.3. The molecular weight excluding hydrogens is 516 g/mol. The number of phenols is 1. The van der Waals surface area contributed by atoms with E-state index in [2.05, 4.69) is 47.2 Å². The highest BCUT2D eigenvalue weighted by Gasteiger charge is 2.13. The minimum absolute atomic E-state index is 0.0197. The Morgan fingerprint density at radius 2 is 1.34 bits per heavy atom. The number of aryl methyl sites for hydroxylation is 2. The molecule has 7 nitrogen and oxygen atoms in total. The molecule has 3 aromatic carbocycles. The van der Waals surface area contributed by atoms with Crippen LogP contribution in [0.1, 0.15) is 67.7 Å². The first kappa shape index (κ1) is 31.4. The van der Waals surface area contributed by atoms with Gasteiger partial charge in [-0.2, -0.15) is 5.48 Å². The van der Waals surface area contributed by atoms with Crippen LogP contribution in [0.2, 0.25) is 0 Å². The number of rotatable bonds is 16. The molecule has 7 heteroatoms. The number of amides is 2. The van der Waals surface area contributed by atoms with E-state index >= 15 is 0 Å². The molecule has 0 unspecified atom stereocenters. The fraction of sp³-hybridized carbons (Fsp3) is 0.382. The topological polar surface area (TPSA) is 105 Å². The molecule has 0 fully saturated rings. The van der Waals surface area contributed by atoms with E-state index < -0.39 is 5.97 Å². The average molecular weight is 559 g/mol. The molecule has 2 amide bonds. The lowest BCUT2D eigenvalue weighted by atomic mass is 10.0. The molecule has 3 rings (SSSR count). The van der Waals surface area contributed by atoms with Crippen molar-refractivity contribution in [3.63, 3.8) is 0 Å². The van der Waals surface area contributed by atoms with Crippen LogP contribution >= 0.6 is 0 Å². The van der Waals surface area contributed by atoms with Crippen molar-refractivity contribution < 1.29 is 24.3 Å². The monoisotopic (exact) mass is 558 g/mol. The quantitative estimate of drug-likeness (QED) is 0.156. The second-order valence-corrected chi connectivity index (χ2v) is 10.6. The number of hydroxylamine groups is 1. The predicted molar refractivity (Wildman–Crippen MR) is 160 cm³/mol. The van der Waals surface area contributed by atoms with Gasteiger partial charge >= 0.3 is 5.97 Å². The molecule has 0 saturated heterocycles. The molecule has 0 heterocycles. The molecule has 0 aromatic heterocycles. The van der Waals surface area contributed by atoms with Crippen molar-refractivity contribution in [3.8, 4) is 5.75 Å². The molecule has 3 N–H and O–H groups in total. The molecule has 41 heavy (non-hydrogen) atoms. The lowest BCUT2D eigenvalue weighted by Gasteiger charge is -2.12. The Labute approximate surface area is 243 Å². The highest BCUT2D eigenvalue weighted by molar-refractivity contribution is 5.80. The third-order valence-electron chi connectivity index (χ3n) is 6.97. The third kappa shape index (κ3) is 12.7. The van der Waals surface area contributed by atoms with Gasteiger partial charge < -0.3 is 15.3 Å². The maximum Gasteiger partial charge on any atom is 0.332 e. The zero-order valence-corrected chi connectivity index (χ0v) is 23.9. The largest absolute Gasteiger partial charge is 0.508 e. The maximum absolute atomic E-state index is 12.3. The van der Waals surface area contributed by atoms with Crippen molar-refractivity contribution in [2.75, 3.05) is 6.54 Å². The molecule has 0 aliphatic heterocycles. The van der Waals surface area contributed by atoms with Gasteiger partial charge in [-0.3, -0.25) is 9.59 Å². The molecule has 0 radical (unpaired) electrons. The standard InChI is InChI=1S/C34H42N2O5/c1-26(24-29-19-21-31(37)22-20-29)34(40)35-23-9-3-6-14-33(39)41-36-32(38)25-30-17-15-28(16-18-30)13-8-7-12-27-10-4-2-5-11-27/h2,4-5,10-11,15-22,26,37H,3,6-9,12-14,23-25H2,1H3,(H,35,40)(H,36,38)/t26-/m0/s1. The van der Waals surface area contributed by atoms with Crippen LogP contribution < -0.4 is 10.8 Å². The first-order valence-electron chi connectivity index (χ1n) is 14.5. The van der Waals surface area contributed by atoms with Crippen LogP contribution in [0.15, 0.2) is 78.9 Å². The number of benzene rings is 3. The predicted octanol–water partition coefficient (Wildman–Crippen LogP) is 5.63. The molecule has 0 saturated carbocycles. The average Bonchev–Trinajstić information content (AvgIpc) is 2.98. The highest BCUT2D eigenvalue weighted by Crippen LogP contribution is 2.14. The van der Waals surface area contributed by atoms with E-state index in [1.54, 1.807) is 12.1 Å². The molecule has 3 aromatic rings. The molecular formula is C34H42N2O5.